The van der Waals surface area contributed by atoms with Crippen molar-refractivity contribution in [1.29, 1.82) is 0 Å². The minimum absolute atomic E-state index is 0.123. The Hall–Kier alpha value is -2.33. The molecule has 0 radical (unpaired) electrons. The first-order chi connectivity index (χ1) is 12.2. The van der Waals surface area contributed by atoms with Crippen molar-refractivity contribution < 1.29 is 9.53 Å². The molecule has 1 aliphatic rings. The molecule has 1 aliphatic heterocycles. The van der Waals surface area contributed by atoms with Crippen LogP contribution < -0.4 is 10.1 Å². The molecule has 0 bridgehead atoms. The number of hydrogen-bond acceptors (Lipinski definition) is 3. The lowest BCUT2D eigenvalue weighted by molar-refractivity contribution is -0.126. The van der Waals surface area contributed by atoms with Gasteiger partial charge in [0.1, 0.15) is 5.75 Å². The number of ether oxygens (including phenoxy) is 1. The molecule has 2 aromatic carbocycles. The van der Waals surface area contributed by atoms with E-state index < -0.39 is 0 Å². The predicted molar refractivity (Wildman–Crippen MR) is 99.3 cm³/mol. The van der Waals surface area contributed by atoms with Crippen LogP contribution in [0.15, 0.2) is 54.6 Å². The molecule has 0 aromatic heterocycles. The van der Waals surface area contributed by atoms with Crippen molar-refractivity contribution in [2.45, 2.75) is 25.9 Å². The number of hydrogen-bond donors (Lipinski definition) is 1. The molecule has 0 spiro atoms. The minimum atomic E-state index is 0.123. The molecule has 1 fully saturated rings. The third-order valence-electron chi connectivity index (χ3n) is 4.81. The summed E-state index contributed by atoms with van der Waals surface area (Å²) in [5.41, 5.74) is 2.40. The Balaban J connectivity index is 1.43. The van der Waals surface area contributed by atoms with Crippen molar-refractivity contribution in [3.8, 4) is 5.75 Å². The number of benzene rings is 2. The number of nitrogens with one attached hydrogen (secondary N) is 1. The number of carbonyl (C=O) groups is 1. The summed E-state index contributed by atoms with van der Waals surface area (Å²) in [5.74, 6) is 1.11. The maximum Gasteiger partial charge on any atom is 0.223 e. The summed E-state index contributed by atoms with van der Waals surface area (Å²) in [6, 6.07) is 18.3. The molecule has 25 heavy (non-hydrogen) atoms. The second kappa shape index (κ2) is 8.67. The molecule has 0 aliphatic carbocycles. The van der Waals surface area contributed by atoms with Gasteiger partial charge in [0.15, 0.2) is 0 Å². The second-order valence-electron chi connectivity index (χ2n) is 6.61. The normalized spacial score (nSPS) is 15.7. The highest BCUT2D eigenvalue weighted by Gasteiger charge is 2.24. The Morgan fingerprint density at radius 1 is 1.08 bits per heavy atom. The maximum atomic E-state index is 12.4. The van der Waals surface area contributed by atoms with Gasteiger partial charge in [0, 0.05) is 19.0 Å². The maximum absolute atomic E-state index is 12.4. The van der Waals surface area contributed by atoms with Gasteiger partial charge in [-0.1, -0.05) is 42.5 Å². The molecule has 0 unspecified atom stereocenters. The van der Waals surface area contributed by atoms with Crippen LogP contribution >= 0.6 is 0 Å². The van der Waals surface area contributed by atoms with Gasteiger partial charge in [-0.05, 0) is 49.2 Å². The van der Waals surface area contributed by atoms with E-state index in [9.17, 15) is 4.79 Å². The summed E-state index contributed by atoms with van der Waals surface area (Å²) in [4.78, 5) is 14.9. The van der Waals surface area contributed by atoms with Crippen LogP contribution in [0.1, 0.15) is 24.0 Å². The van der Waals surface area contributed by atoms with Gasteiger partial charge in [-0.2, -0.15) is 0 Å². The van der Waals surface area contributed by atoms with Gasteiger partial charge < -0.3 is 10.1 Å². The van der Waals surface area contributed by atoms with Gasteiger partial charge in [-0.15, -0.1) is 0 Å². The minimum Gasteiger partial charge on any atom is -0.497 e. The highest BCUT2D eigenvalue weighted by atomic mass is 16.5. The lowest BCUT2D eigenvalue weighted by atomic mass is 9.95. The fraction of sp³-hybridized carbons (Fsp3) is 0.381. The number of amides is 1. The number of methoxy groups -OCH3 is 1. The molecule has 0 atom stereocenters. The SMILES string of the molecule is COc1cccc(CNC(=O)C2CCN(Cc3ccccc3)CC2)c1. The van der Waals surface area contributed by atoms with E-state index in [2.05, 4.69) is 34.5 Å². The molecule has 3 rings (SSSR count). The van der Waals surface area contributed by atoms with E-state index in [4.69, 9.17) is 4.74 Å². The lowest BCUT2D eigenvalue weighted by Crippen LogP contribution is -2.40. The molecule has 2 aromatic rings. The Morgan fingerprint density at radius 3 is 2.52 bits per heavy atom. The first-order valence-corrected chi connectivity index (χ1v) is 8.91. The topological polar surface area (TPSA) is 41.6 Å². The Labute approximate surface area is 149 Å². The first kappa shape index (κ1) is 17.5. The molecule has 4 nitrogen and oxygen atoms in total. The monoisotopic (exact) mass is 338 g/mol. The molecule has 1 heterocycles. The van der Waals surface area contributed by atoms with E-state index in [1.54, 1.807) is 7.11 Å². The number of rotatable bonds is 6. The molecule has 1 saturated heterocycles. The van der Waals surface area contributed by atoms with Crippen LogP contribution in [0.3, 0.4) is 0 Å². The van der Waals surface area contributed by atoms with Crippen molar-refractivity contribution in [1.82, 2.24) is 10.2 Å². The van der Waals surface area contributed by atoms with E-state index in [1.807, 2.05) is 30.3 Å². The second-order valence-corrected chi connectivity index (χ2v) is 6.61. The summed E-state index contributed by atoms with van der Waals surface area (Å²) < 4.78 is 5.22. The van der Waals surface area contributed by atoms with Crippen molar-refractivity contribution in [2.24, 2.45) is 5.92 Å². The van der Waals surface area contributed by atoms with Crippen LogP contribution in [0.2, 0.25) is 0 Å². The molecule has 1 amide bonds. The fourth-order valence-electron chi connectivity index (χ4n) is 3.31. The van der Waals surface area contributed by atoms with Crippen molar-refractivity contribution in [2.75, 3.05) is 20.2 Å². The van der Waals surface area contributed by atoms with Crippen LogP contribution in [0.4, 0.5) is 0 Å². The summed E-state index contributed by atoms with van der Waals surface area (Å²) in [6.45, 7) is 3.48. The van der Waals surface area contributed by atoms with Crippen molar-refractivity contribution in [3.05, 3.63) is 65.7 Å². The van der Waals surface area contributed by atoms with Crippen molar-refractivity contribution in [3.63, 3.8) is 0 Å². The van der Waals surface area contributed by atoms with Gasteiger partial charge in [0.2, 0.25) is 5.91 Å². The highest BCUT2D eigenvalue weighted by molar-refractivity contribution is 5.78. The number of likely N-dealkylation sites (tertiary alicyclic amines) is 1. The van der Waals surface area contributed by atoms with Crippen LogP contribution in [-0.4, -0.2) is 31.0 Å². The van der Waals surface area contributed by atoms with Gasteiger partial charge in [-0.3, -0.25) is 9.69 Å². The number of carbonyl (C=O) groups excluding carboxylic acids is 1. The molecule has 1 N–H and O–H groups in total. The van der Waals surface area contributed by atoms with Crippen LogP contribution in [0, 0.1) is 5.92 Å². The lowest BCUT2D eigenvalue weighted by Gasteiger charge is -2.31. The quantitative estimate of drug-likeness (QED) is 0.879. The zero-order valence-corrected chi connectivity index (χ0v) is 14.8. The van der Waals surface area contributed by atoms with Gasteiger partial charge in [0.05, 0.1) is 7.11 Å². The molecular weight excluding hydrogens is 312 g/mol. The zero-order valence-electron chi connectivity index (χ0n) is 14.8. The zero-order chi connectivity index (χ0) is 17.5. The summed E-state index contributed by atoms with van der Waals surface area (Å²) in [5, 5.41) is 3.07. The van der Waals surface area contributed by atoms with Crippen LogP contribution in [-0.2, 0) is 17.9 Å². The molecule has 4 heteroatoms. The summed E-state index contributed by atoms with van der Waals surface area (Å²) in [7, 11) is 1.65. The van der Waals surface area contributed by atoms with E-state index in [0.29, 0.717) is 6.54 Å². The summed E-state index contributed by atoms with van der Waals surface area (Å²) in [6.07, 6.45) is 1.85. The largest absolute Gasteiger partial charge is 0.497 e. The predicted octanol–water partition coefficient (Wildman–Crippen LogP) is 3.22. The third kappa shape index (κ3) is 5.07. The standard InChI is InChI=1S/C21H26N2O2/c1-25-20-9-5-8-18(14-20)15-22-21(24)19-10-12-23(13-11-19)16-17-6-3-2-4-7-17/h2-9,14,19H,10-13,15-16H2,1H3,(H,22,24). The van der Waals surface area contributed by atoms with Crippen LogP contribution in [0.25, 0.3) is 0 Å². The molecule has 132 valence electrons. The average Bonchev–Trinajstić information content (AvgIpc) is 2.67. The Kier molecular flexibility index (Phi) is 6.07. The summed E-state index contributed by atoms with van der Waals surface area (Å²) >= 11 is 0. The molecular formula is C21H26N2O2. The van der Waals surface area contributed by atoms with E-state index in [1.165, 1.54) is 5.56 Å². The number of nitrogens with zero attached hydrogens (tertiary/aromatic N) is 1. The van der Waals surface area contributed by atoms with Gasteiger partial charge >= 0.3 is 0 Å². The van der Waals surface area contributed by atoms with Crippen LogP contribution in [0.5, 0.6) is 5.75 Å². The van der Waals surface area contributed by atoms with Gasteiger partial charge in [0.25, 0.3) is 0 Å². The van der Waals surface area contributed by atoms with E-state index in [-0.39, 0.29) is 11.8 Å². The Bertz CT molecular complexity index is 679. The Morgan fingerprint density at radius 2 is 1.80 bits per heavy atom. The van der Waals surface area contributed by atoms with Crippen molar-refractivity contribution >= 4 is 5.91 Å². The van der Waals surface area contributed by atoms with Gasteiger partial charge in [-0.25, -0.2) is 0 Å². The fourth-order valence-corrected chi connectivity index (χ4v) is 3.31. The third-order valence-corrected chi connectivity index (χ3v) is 4.81. The average molecular weight is 338 g/mol. The highest BCUT2D eigenvalue weighted by Crippen LogP contribution is 2.19. The molecule has 0 saturated carbocycles. The smallest absolute Gasteiger partial charge is 0.223 e. The van der Waals surface area contributed by atoms with E-state index >= 15 is 0 Å². The first-order valence-electron chi connectivity index (χ1n) is 8.91. The van der Waals surface area contributed by atoms with E-state index in [0.717, 1.165) is 43.8 Å². The number of piperidine rings is 1.